The minimum atomic E-state index is -0.0400. The second kappa shape index (κ2) is 5.07. The van der Waals surface area contributed by atoms with E-state index in [1.165, 1.54) is 0 Å². The zero-order valence-corrected chi connectivity index (χ0v) is 9.21. The van der Waals surface area contributed by atoms with E-state index in [9.17, 15) is 4.79 Å². The van der Waals surface area contributed by atoms with E-state index in [4.69, 9.17) is 5.73 Å². The highest BCUT2D eigenvalue weighted by Gasteiger charge is 2.00. The van der Waals surface area contributed by atoms with Crippen molar-refractivity contribution in [2.75, 3.05) is 5.73 Å². The summed E-state index contributed by atoms with van der Waals surface area (Å²) in [7, 11) is 0. The molecule has 3 nitrogen and oxygen atoms in total. The average Bonchev–Trinajstić information content (AvgIpc) is 2.38. The van der Waals surface area contributed by atoms with Gasteiger partial charge in [0.2, 0.25) is 0 Å². The Morgan fingerprint density at radius 2 is 1.71 bits per heavy atom. The van der Waals surface area contributed by atoms with E-state index in [1.54, 1.807) is 48.8 Å². The number of anilines is 1. The molecule has 0 aliphatic rings. The summed E-state index contributed by atoms with van der Waals surface area (Å²) in [6.07, 6.45) is 6.68. The van der Waals surface area contributed by atoms with Crippen molar-refractivity contribution in [2.45, 2.75) is 0 Å². The molecule has 2 rings (SSSR count). The number of nitrogens with two attached hydrogens (primary N) is 1. The van der Waals surface area contributed by atoms with Gasteiger partial charge in [0.05, 0.1) is 0 Å². The number of carbonyl (C=O) groups is 1. The predicted octanol–water partition coefficient (Wildman–Crippen LogP) is 2.56. The summed E-state index contributed by atoms with van der Waals surface area (Å²) in [6.45, 7) is 0. The number of rotatable bonds is 3. The van der Waals surface area contributed by atoms with Crippen LogP contribution in [0.3, 0.4) is 0 Å². The normalized spacial score (nSPS) is 10.6. The molecular weight excluding hydrogens is 212 g/mol. The highest BCUT2D eigenvalue weighted by atomic mass is 16.1. The van der Waals surface area contributed by atoms with Gasteiger partial charge in [0.1, 0.15) is 0 Å². The molecule has 1 aromatic carbocycles. The van der Waals surface area contributed by atoms with E-state index < -0.39 is 0 Å². The molecule has 0 aliphatic carbocycles. The maximum Gasteiger partial charge on any atom is 0.185 e. The van der Waals surface area contributed by atoms with Gasteiger partial charge < -0.3 is 5.73 Å². The Kier molecular flexibility index (Phi) is 3.31. The summed E-state index contributed by atoms with van der Waals surface area (Å²) >= 11 is 0. The highest BCUT2D eigenvalue weighted by Crippen LogP contribution is 2.08. The molecular formula is C14H12N2O. The van der Waals surface area contributed by atoms with Crippen molar-refractivity contribution >= 4 is 17.5 Å². The lowest BCUT2D eigenvalue weighted by Gasteiger charge is -1.96. The Bertz CT molecular complexity index is 530. The van der Waals surface area contributed by atoms with Crippen molar-refractivity contribution in [3.8, 4) is 0 Å². The second-order valence-electron chi connectivity index (χ2n) is 3.60. The molecule has 0 radical (unpaired) electrons. The number of allylic oxidation sites excluding steroid dienone is 1. The smallest absolute Gasteiger partial charge is 0.185 e. The Hall–Kier alpha value is -2.42. The van der Waals surface area contributed by atoms with Gasteiger partial charge in [0, 0.05) is 23.6 Å². The number of nitrogen functional groups attached to an aromatic ring is 1. The van der Waals surface area contributed by atoms with E-state index in [0.29, 0.717) is 11.3 Å². The van der Waals surface area contributed by atoms with E-state index in [2.05, 4.69) is 4.98 Å². The van der Waals surface area contributed by atoms with Crippen molar-refractivity contribution in [3.63, 3.8) is 0 Å². The number of hydrogen-bond acceptors (Lipinski definition) is 3. The topological polar surface area (TPSA) is 56.0 Å². The van der Waals surface area contributed by atoms with Crippen LogP contribution in [0, 0.1) is 0 Å². The van der Waals surface area contributed by atoms with Crippen LogP contribution in [0.5, 0.6) is 0 Å². The minimum absolute atomic E-state index is 0.0400. The molecule has 84 valence electrons. The predicted molar refractivity (Wildman–Crippen MR) is 68.5 cm³/mol. The first-order chi connectivity index (χ1) is 8.25. The first-order valence-corrected chi connectivity index (χ1v) is 5.24. The number of nitrogens with zero attached hydrogens (tertiary/aromatic N) is 1. The fourth-order valence-corrected chi connectivity index (χ4v) is 1.39. The van der Waals surface area contributed by atoms with Crippen LogP contribution >= 0.6 is 0 Å². The van der Waals surface area contributed by atoms with Crippen molar-refractivity contribution in [2.24, 2.45) is 0 Å². The van der Waals surface area contributed by atoms with Gasteiger partial charge >= 0.3 is 0 Å². The third-order valence-corrected chi connectivity index (χ3v) is 2.33. The molecule has 17 heavy (non-hydrogen) atoms. The number of hydrogen-bond donors (Lipinski definition) is 1. The second-order valence-corrected chi connectivity index (χ2v) is 3.60. The highest BCUT2D eigenvalue weighted by molar-refractivity contribution is 6.06. The van der Waals surface area contributed by atoms with E-state index in [-0.39, 0.29) is 5.78 Å². The molecule has 3 heteroatoms. The van der Waals surface area contributed by atoms with Gasteiger partial charge in [-0.15, -0.1) is 0 Å². The lowest BCUT2D eigenvalue weighted by Crippen LogP contribution is -1.94. The van der Waals surface area contributed by atoms with Gasteiger partial charge in [0.15, 0.2) is 5.78 Å². The minimum Gasteiger partial charge on any atom is -0.399 e. The van der Waals surface area contributed by atoms with Crippen LogP contribution in [0.4, 0.5) is 5.69 Å². The van der Waals surface area contributed by atoms with Crippen molar-refractivity contribution in [3.05, 3.63) is 66.0 Å². The summed E-state index contributed by atoms with van der Waals surface area (Å²) in [6, 6.07) is 10.5. The number of benzene rings is 1. The molecule has 0 fully saturated rings. The summed E-state index contributed by atoms with van der Waals surface area (Å²) in [5.74, 6) is -0.0400. The Balaban J connectivity index is 2.12. The van der Waals surface area contributed by atoms with E-state index in [1.807, 2.05) is 12.1 Å². The summed E-state index contributed by atoms with van der Waals surface area (Å²) in [4.78, 5) is 15.7. The molecule has 2 N–H and O–H groups in total. The van der Waals surface area contributed by atoms with Crippen molar-refractivity contribution in [1.29, 1.82) is 0 Å². The lowest BCUT2D eigenvalue weighted by molar-refractivity contribution is 0.104. The molecule has 0 aliphatic heterocycles. The molecule has 1 aromatic heterocycles. The maximum absolute atomic E-state index is 11.8. The molecule has 0 saturated carbocycles. The van der Waals surface area contributed by atoms with E-state index in [0.717, 1.165) is 5.56 Å². The first-order valence-electron chi connectivity index (χ1n) is 5.24. The Morgan fingerprint density at radius 3 is 2.35 bits per heavy atom. The molecule has 0 atom stereocenters. The molecule has 0 spiro atoms. The van der Waals surface area contributed by atoms with Gasteiger partial charge in [-0.05, 0) is 48.0 Å². The first kappa shape index (κ1) is 11.1. The number of pyridine rings is 1. The third kappa shape index (κ3) is 3.01. The number of ketones is 1. The van der Waals surface area contributed by atoms with E-state index >= 15 is 0 Å². The van der Waals surface area contributed by atoms with Crippen LogP contribution in [0.1, 0.15) is 15.9 Å². The molecule has 1 heterocycles. The van der Waals surface area contributed by atoms with Crippen LogP contribution in [0.15, 0.2) is 54.9 Å². The molecule has 0 amide bonds. The average molecular weight is 224 g/mol. The molecule has 0 unspecified atom stereocenters. The zero-order chi connectivity index (χ0) is 12.1. The lowest BCUT2D eigenvalue weighted by atomic mass is 10.1. The fourth-order valence-electron chi connectivity index (χ4n) is 1.39. The van der Waals surface area contributed by atoms with Crippen LogP contribution in [0.2, 0.25) is 0 Å². The quantitative estimate of drug-likeness (QED) is 0.495. The van der Waals surface area contributed by atoms with Gasteiger partial charge in [-0.1, -0.05) is 6.08 Å². The monoisotopic (exact) mass is 224 g/mol. The number of aromatic nitrogens is 1. The Labute approximate surface area is 99.6 Å². The largest absolute Gasteiger partial charge is 0.399 e. The van der Waals surface area contributed by atoms with Gasteiger partial charge in [-0.25, -0.2) is 0 Å². The van der Waals surface area contributed by atoms with Gasteiger partial charge in [-0.2, -0.15) is 0 Å². The molecule has 0 bridgehead atoms. The van der Waals surface area contributed by atoms with Crippen LogP contribution in [-0.2, 0) is 0 Å². The fraction of sp³-hybridized carbons (Fsp3) is 0. The van der Waals surface area contributed by atoms with Gasteiger partial charge in [0.25, 0.3) is 0 Å². The van der Waals surface area contributed by atoms with Crippen LogP contribution in [0.25, 0.3) is 6.08 Å². The summed E-state index contributed by atoms with van der Waals surface area (Å²) in [5, 5.41) is 0. The van der Waals surface area contributed by atoms with Crippen LogP contribution < -0.4 is 5.73 Å². The van der Waals surface area contributed by atoms with Crippen molar-refractivity contribution < 1.29 is 4.79 Å². The third-order valence-electron chi connectivity index (χ3n) is 2.33. The Morgan fingerprint density at radius 1 is 1.06 bits per heavy atom. The standard InChI is InChI=1S/C14H12N2O/c15-13-4-2-12(3-5-13)14(17)6-1-11-7-9-16-10-8-11/h1-10H,15H2/b6-1+. The molecule has 2 aromatic rings. The number of carbonyl (C=O) groups excluding carboxylic acids is 1. The summed E-state index contributed by atoms with van der Waals surface area (Å²) in [5.41, 5.74) is 7.79. The maximum atomic E-state index is 11.8. The van der Waals surface area contributed by atoms with Gasteiger partial charge in [-0.3, -0.25) is 9.78 Å². The van der Waals surface area contributed by atoms with Crippen LogP contribution in [-0.4, -0.2) is 10.8 Å². The zero-order valence-electron chi connectivity index (χ0n) is 9.21. The molecule has 0 saturated heterocycles. The van der Waals surface area contributed by atoms with Crippen molar-refractivity contribution in [1.82, 2.24) is 4.98 Å². The SMILES string of the molecule is Nc1ccc(C(=O)/C=C/c2ccncc2)cc1. The summed E-state index contributed by atoms with van der Waals surface area (Å²) < 4.78 is 0.